The number of aliphatic carboxylic acids is 1. The predicted molar refractivity (Wildman–Crippen MR) is 101 cm³/mol. The van der Waals surface area contributed by atoms with Gasteiger partial charge in [0.1, 0.15) is 0 Å². The van der Waals surface area contributed by atoms with Crippen LogP contribution in [0.15, 0.2) is 0 Å². The van der Waals surface area contributed by atoms with E-state index in [9.17, 15) is 19.5 Å². The molecule has 7 nitrogen and oxygen atoms in total. The minimum Gasteiger partial charge on any atom is -0.548 e. The fourth-order valence-corrected chi connectivity index (χ4v) is 3.49. The van der Waals surface area contributed by atoms with Gasteiger partial charge in [-0.25, -0.2) is 0 Å². The Morgan fingerprint density at radius 1 is 1.04 bits per heavy atom. The van der Waals surface area contributed by atoms with E-state index < -0.39 is 12.0 Å². The molecule has 2 amide bonds. The number of hydrogen-bond acceptors (Lipinski definition) is 4. The quantitative estimate of drug-likeness (QED) is 0.485. The van der Waals surface area contributed by atoms with E-state index in [-0.39, 0.29) is 35.6 Å². The fourth-order valence-electron chi connectivity index (χ4n) is 3.49. The topological polar surface area (TPSA) is 126 Å². The van der Waals surface area contributed by atoms with Crippen molar-refractivity contribution in [2.24, 2.45) is 23.7 Å². The van der Waals surface area contributed by atoms with Crippen LogP contribution >= 0.6 is 0 Å². The lowest BCUT2D eigenvalue weighted by Gasteiger charge is -2.31. The molecule has 0 heterocycles. The molecule has 0 radical (unpaired) electrons. The zero-order chi connectivity index (χ0) is 20.6. The van der Waals surface area contributed by atoms with Crippen molar-refractivity contribution in [3.8, 4) is 0 Å². The molecule has 1 rings (SSSR count). The number of amides is 2. The lowest BCUT2D eigenvalue weighted by atomic mass is 9.81. The highest BCUT2D eigenvalue weighted by atomic mass is 16.4. The summed E-state index contributed by atoms with van der Waals surface area (Å²) in [6, 6.07) is -1.17. The van der Waals surface area contributed by atoms with E-state index in [2.05, 4.69) is 23.3 Å². The number of nitrogens with one attached hydrogen (secondary N) is 2. The first kappa shape index (κ1) is 23.4. The zero-order valence-corrected chi connectivity index (χ0v) is 17.3. The summed E-state index contributed by atoms with van der Waals surface area (Å²) in [5, 5.41) is 16.9. The van der Waals surface area contributed by atoms with E-state index >= 15 is 0 Å². The molecular formula is C20H37N3O4. The number of carbonyl (C=O) groups excluding carboxylic acids is 3. The molecule has 0 bridgehead atoms. The molecule has 0 spiro atoms. The number of rotatable bonds is 10. The fraction of sp³-hybridized carbons (Fsp3) is 0.850. The van der Waals surface area contributed by atoms with Crippen LogP contribution in [0.25, 0.3) is 0 Å². The third kappa shape index (κ3) is 7.13. The Kier molecular flexibility index (Phi) is 9.77. The molecule has 7 heteroatoms. The third-order valence-electron chi connectivity index (χ3n) is 6.21. The summed E-state index contributed by atoms with van der Waals surface area (Å²) in [6.07, 6.45) is 4.71. The molecule has 1 saturated carbocycles. The van der Waals surface area contributed by atoms with Gasteiger partial charge in [0.25, 0.3) is 5.91 Å². The van der Waals surface area contributed by atoms with E-state index in [1.165, 1.54) is 0 Å². The van der Waals surface area contributed by atoms with Crippen LogP contribution in [0.3, 0.4) is 0 Å². The van der Waals surface area contributed by atoms with E-state index in [0.29, 0.717) is 31.7 Å². The summed E-state index contributed by atoms with van der Waals surface area (Å²) in [5.41, 5.74) is 3.95. The van der Waals surface area contributed by atoms with Gasteiger partial charge in [-0.15, -0.1) is 0 Å². The summed E-state index contributed by atoms with van der Waals surface area (Å²) in [7, 11) is 0. The van der Waals surface area contributed by atoms with Gasteiger partial charge in [-0.1, -0.05) is 34.1 Å². The van der Waals surface area contributed by atoms with Crippen LogP contribution in [-0.2, 0) is 14.4 Å². The van der Waals surface area contributed by atoms with Gasteiger partial charge in [0.15, 0.2) is 6.04 Å². The Morgan fingerprint density at radius 3 is 2.07 bits per heavy atom. The van der Waals surface area contributed by atoms with E-state index in [0.717, 1.165) is 19.3 Å². The maximum absolute atomic E-state index is 12.4. The SMILES string of the molecule is CC[C@@H](C)[C@H]([NH3+])C(=O)NCC1CCC(C(=O)N[C@H](C(=O)[O-])[C@H](C)CC)CC1. The first-order chi connectivity index (χ1) is 12.7. The molecule has 0 aromatic carbocycles. The summed E-state index contributed by atoms with van der Waals surface area (Å²) in [5.74, 6) is -1.13. The molecule has 1 aliphatic rings. The number of carboxylic acid groups (broad SMARTS) is 1. The van der Waals surface area contributed by atoms with Crippen molar-refractivity contribution in [3.05, 3.63) is 0 Å². The smallest absolute Gasteiger partial charge is 0.278 e. The second-order valence-corrected chi connectivity index (χ2v) is 8.15. The van der Waals surface area contributed by atoms with Gasteiger partial charge in [0, 0.05) is 18.4 Å². The minimum absolute atomic E-state index is 0.00503. The third-order valence-corrected chi connectivity index (χ3v) is 6.21. The average molecular weight is 384 g/mol. The first-order valence-corrected chi connectivity index (χ1v) is 10.3. The standard InChI is InChI=1S/C20H37N3O4/c1-5-12(3)16(21)19(25)22-11-14-7-9-15(10-8-14)18(24)23-17(20(26)27)13(4)6-2/h12-17H,5-11,21H2,1-4H3,(H,22,25)(H,23,24)(H,26,27)/t12-,13-,14?,15?,16+,17+/m1/s1. The Morgan fingerprint density at radius 2 is 1.59 bits per heavy atom. The molecule has 0 aromatic heterocycles. The van der Waals surface area contributed by atoms with Gasteiger partial charge in [0.2, 0.25) is 5.91 Å². The zero-order valence-electron chi connectivity index (χ0n) is 17.3. The molecule has 4 atom stereocenters. The minimum atomic E-state index is -1.22. The van der Waals surface area contributed by atoms with Crippen molar-refractivity contribution in [2.75, 3.05) is 6.54 Å². The van der Waals surface area contributed by atoms with Gasteiger partial charge in [-0.3, -0.25) is 9.59 Å². The summed E-state index contributed by atoms with van der Waals surface area (Å²) in [4.78, 5) is 35.8. The van der Waals surface area contributed by atoms with Crippen molar-refractivity contribution in [1.29, 1.82) is 0 Å². The molecule has 5 N–H and O–H groups in total. The molecule has 0 aliphatic heterocycles. The van der Waals surface area contributed by atoms with Crippen molar-refractivity contribution >= 4 is 17.8 Å². The van der Waals surface area contributed by atoms with Crippen LogP contribution in [0.1, 0.15) is 66.2 Å². The second-order valence-electron chi connectivity index (χ2n) is 8.15. The Labute approximate surface area is 162 Å². The molecule has 1 aliphatic carbocycles. The molecule has 0 aromatic rings. The molecule has 27 heavy (non-hydrogen) atoms. The average Bonchev–Trinajstić information content (AvgIpc) is 2.68. The van der Waals surface area contributed by atoms with Crippen molar-refractivity contribution in [2.45, 2.75) is 78.3 Å². The van der Waals surface area contributed by atoms with Crippen molar-refractivity contribution < 1.29 is 25.2 Å². The van der Waals surface area contributed by atoms with Crippen LogP contribution in [0, 0.1) is 23.7 Å². The van der Waals surface area contributed by atoms with Crippen LogP contribution in [0.5, 0.6) is 0 Å². The maximum Gasteiger partial charge on any atom is 0.278 e. The molecule has 0 unspecified atom stereocenters. The van der Waals surface area contributed by atoms with Gasteiger partial charge in [-0.05, 0) is 43.9 Å². The molecule has 0 saturated heterocycles. The molecule has 156 valence electrons. The largest absolute Gasteiger partial charge is 0.548 e. The number of quaternary nitrogens is 1. The van der Waals surface area contributed by atoms with Gasteiger partial charge < -0.3 is 26.3 Å². The second kappa shape index (κ2) is 11.3. The Hall–Kier alpha value is -1.63. The lowest BCUT2D eigenvalue weighted by Crippen LogP contribution is -2.70. The van der Waals surface area contributed by atoms with Gasteiger partial charge in [0.05, 0.1) is 12.0 Å². The van der Waals surface area contributed by atoms with Gasteiger partial charge >= 0.3 is 0 Å². The Balaban J connectivity index is 2.42. The highest BCUT2D eigenvalue weighted by molar-refractivity contribution is 5.84. The summed E-state index contributed by atoms with van der Waals surface area (Å²) >= 11 is 0. The van der Waals surface area contributed by atoms with Crippen LogP contribution < -0.4 is 21.5 Å². The van der Waals surface area contributed by atoms with Crippen molar-refractivity contribution in [1.82, 2.24) is 10.6 Å². The number of carboxylic acids is 1. The van der Waals surface area contributed by atoms with E-state index in [4.69, 9.17) is 0 Å². The lowest BCUT2D eigenvalue weighted by molar-refractivity contribution is -0.415. The van der Waals surface area contributed by atoms with E-state index in [1.54, 1.807) is 6.92 Å². The number of hydrogen-bond donors (Lipinski definition) is 3. The molecular weight excluding hydrogens is 346 g/mol. The summed E-state index contributed by atoms with van der Waals surface area (Å²) in [6.45, 7) is 8.39. The first-order valence-electron chi connectivity index (χ1n) is 10.3. The normalized spacial score (nSPS) is 24.3. The van der Waals surface area contributed by atoms with Crippen molar-refractivity contribution in [3.63, 3.8) is 0 Å². The van der Waals surface area contributed by atoms with Gasteiger partial charge in [-0.2, -0.15) is 0 Å². The Bertz CT molecular complexity index is 503. The van der Waals surface area contributed by atoms with Crippen LogP contribution in [0.4, 0.5) is 0 Å². The van der Waals surface area contributed by atoms with E-state index in [1.807, 2.05) is 13.8 Å². The maximum atomic E-state index is 12.4. The molecule has 1 fully saturated rings. The number of carbonyl (C=O) groups is 3. The highest BCUT2D eigenvalue weighted by Gasteiger charge is 2.30. The van der Waals surface area contributed by atoms with Crippen LogP contribution in [0.2, 0.25) is 0 Å². The summed E-state index contributed by atoms with van der Waals surface area (Å²) < 4.78 is 0. The van der Waals surface area contributed by atoms with Crippen LogP contribution in [-0.4, -0.2) is 36.4 Å². The monoisotopic (exact) mass is 383 g/mol. The predicted octanol–water partition coefficient (Wildman–Crippen LogP) is -0.154. The highest BCUT2D eigenvalue weighted by Crippen LogP contribution is 2.29.